The molecule has 0 aromatic heterocycles. The van der Waals surface area contributed by atoms with Gasteiger partial charge in [-0.1, -0.05) is 24.3 Å². The summed E-state index contributed by atoms with van der Waals surface area (Å²) in [5, 5.41) is 3.53. The Morgan fingerprint density at radius 2 is 0.905 bits per heavy atom. The van der Waals surface area contributed by atoms with Crippen LogP contribution in [0.25, 0.3) is 0 Å². The Bertz CT molecular complexity index is 574. The third-order valence-corrected chi connectivity index (χ3v) is 2.66. The van der Waals surface area contributed by atoms with Crippen LogP contribution in [0, 0.1) is 0 Å². The minimum Gasteiger partial charge on any atom is -0.248 e. The van der Waals surface area contributed by atoms with Crippen LogP contribution in [0.3, 0.4) is 0 Å². The first-order valence-electron chi connectivity index (χ1n) is 5.74. The summed E-state index contributed by atoms with van der Waals surface area (Å²) in [5.41, 5.74) is -3.27. The molecule has 0 aliphatic carbocycles. The standard InChI is InChI=1S/C14H8F6N/c15-13(16,17)9-5-1-3-7-11(9)21-12-8-4-2-6-10(12)14(18,19)20/h1-8H. The smallest absolute Gasteiger partial charge is 0.248 e. The number of hydrogen-bond acceptors (Lipinski definition) is 0. The summed E-state index contributed by atoms with van der Waals surface area (Å²) in [7, 11) is 0. The van der Waals surface area contributed by atoms with Gasteiger partial charge in [0.05, 0.1) is 22.5 Å². The maximum atomic E-state index is 12.8. The van der Waals surface area contributed by atoms with Gasteiger partial charge in [0.2, 0.25) is 0 Å². The molecule has 2 aromatic rings. The van der Waals surface area contributed by atoms with Gasteiger partial charge in [0.1, 0.15) is 0 Å². The lowest BCUT2D eigenvalue weighted by Crippen LogP contribution is -2.11. The number of halogens is 6. The van der Waals surface area contributed by atoms with Crippen LogP contribution >= 0.6 is 0 Å². The average Bonchev–Trinajstić information content (AvgIpc) is 2.37. The van der Waals surface area contributed by atoms with Crippen LogP contribution in [-0.4, -0.2) is 0 Å². The Balaban J connectivity index is 2.45. The molecule has 0 aliphatic rings. The van der Waals surface area contributed by atoms with Crippen molar-refractivity contribution < 1.29 is 26.3 Å². The Kier molecular flexibility index (Phi) is 3.85. The number of benzene rings is 2. The second-order valence-corrected chi connectivity index (χ2v) is 4.14. The minimum absolute atomic E-state index is 0.554. The van der Waals surface area contributed by atoms with Gasteiger partial charge in [0.15, 0.2) is 0 Å². The van der Waals surface area contributed by atoms with Gasteiger partial charge in [-0.05, 0) is 24.3 Å². The van der Waals surface area contributed by atoms with Crippen molar-refractivity contribution in [3.63, 3.8) is 0 Å². The van der Waals surface area contributed by atoms with Gasteiger partial charge in [-0.25, -0.2) is 5.32 Å². The van der Waals surface area contributed by atoms with E-state index in [2.05, 4.69) is 5.32 Å². The molecule has 2 aromatic carbocycles. The van der Waals surface area contributed by atoms with Gasteiger partial charge in [0, 0.05) is 0 Å². The lowest BCUT2D eigenvalue weighted by molar-refractivity contribution is -0.137. The third-order valence-electron chi connectivity index (χ3n) is 2.66. The van der Waals surface area contributed by atoms with Gasteiger partial charge in [-0.15, -0.1) is 0 Å². The molecule has 0 bridgehead atoms. The topological polar surface area (TPSA) is 14.1 Å². The van der Waals surface area contributed by atoms with Gasteiger partial charge in [-0.3, -0.25) is 0 Å². The van der Waals surface area contributed by atoms with Crippen molar-refractivity contribution in [2.24, 2.45) is 0 Å². The highest BCUT2D eigenvalue weighted by atomic mass is 19.4. The molecule has 0 aliphatic heterocycles. The molecule has 0 spiro atoms. The van der Waals surface area contributed by atoms with Crippen molar-refractivity contribution in [3.05, 3.63) is 59.7 Å². The Morgan fingerprint density at radius 1 is 0.571 bits per heavy atom. The number of rotatable bonds is 2. The number of para-hydroxylation sites is 2. The zero-order valence-corrected chi connectivity index (χ0v) is 10.3. The number of hydrogen-bond donors (Lipinski definition) is 0. The van der Waals surface area contributed by atoms with E-state index in [0.29, 0.717) is 0 Å². The SMILES string of the molecule is FC(F)(F)c1ccccc1[N]c1ccccc1C(F)(F)F. The highest BCUT2D eigenvalue weighted by Crippen LogP contribution is 2.39. The fourth-order valence-corrected chi connectivity index (χ4v) is 1.75. The number of nitrogens with zero attached hydrogens (tertiary/aromatic N) is 1. The van der Waals surface area contributed by atoms with Crippen LogP contribution in [-0.2, 0) is 12.4 Å². The summed E-state index contributed by atoms with van der Waals surface area (Å²) in [4.78, 5) is 0. The molecule has 2 rings (SSSR count). The molecule has 0 saturated heterocycles. The van der Waals surface area contributed by atoms with E-state index in [4.69, 9.17) is 0 Å². The van der Waals surface area contributed by atoms with E-state index in [1.807, 2.05) is 0 Å². The van der Waals surface area contributed by atoms with E-state index < -0.39 is 34.9 Å². The van der Waals surface area contributed by atoms with Crippen LogP contribution in [0.4, 0.5) is 37.7 Å². The lowest BCUT2D eigenvalue weighted by atomic mass is 10.1. The quantitative estimate of drug-likeness (QED) is 0.669. The Hall–Kier alpha value is -2.18. The molecule has 0 fully saturated rings. The predicted octanol–water partition coefficient (Wildman–Crippen LogP) is 5.29. The molecular formula is C14H8F6N. The van der Waals surface area contributed by atoms with Crippen LogP contribution in [0.15, 0.2) is 48.5 Å². The largest absolute Gasteiger partial charge is 0.418 e. The minimum atomic E-state index is -4.69. The fraction of sp³-hybridized carbons (Fsp3) is 0.143. The predicted molar refractivity (Wildman–Crippen MR) is 64.3 cm³/mol. The second-order valence-electron chi connectivity index (χ2n) is 4.14. The molecule has 111 valence electrons. The van der Waals surface area contributed by atoms with Crippen LogP contribution < -0.4 is 5.32 Å². The Morgan fingerprint density at radius 3 is 1.24 bits per heavy atom. The zero-order valence-electron chi connectivity index (χ0n) is 10.3. The molecule has 7 heteroatoms. The second kappa shape index (κ2) is 5.31. The number of alkyl halides is 6. The molecule has 1 radical (unpaired) electrons. The first-order chi connectivity index (χ1) is 9.69. The molecule has 0 heterocycles. The summed E-state index contributed by atoms with van der Waals surface area (Å²) in [6.07, 6.45) is -9.37. The van der Waals surface area contributed by atoms with E-state index in [9.17, 15) is 26.3 Å². The van der Waals surface area contributed by atoms with Crippen molar-refractivity contribution in [2.75, 3.05) is 0 Å². The van der Waals surface area contributed by atoms with Crippen molar-refractivity contribution >= 4 is 11.4 Å². The maximum absolute atomic E-state index is 12.8. The third kappa shape index (κ3) is 3.48. The summed E-state index contributed by atoms with van der Waals surface area (Å²) in [6, 6.07) is 8.46. The van der Waals surface area contributed by atoms with Crippen molar-refractivity contribution in [2.45, 2.75) is 12.4 Å². The zero-order chi connectivity index (χ0) is 15.7. The highest BCUT2D eigenvalue weighted by molar-refractivity contribution is 5.58. The summed E-state index contributed by atoms with van der Waals surface area (Å²) in [5.74, 6) is 0. The monoisotopic (exact) mass is 304 g/mol. The van der Waals surface area contributed by atoms with Crippen molar-refractivity contribution in [1.82, 2.24) is 5.32 Å². The van der Waals surface area contributed by atoms with Crippen LogP contribution in [0.2, 0.25) is 0 Å². The molecule has 21 heavy (non-hydrogen) atoms. The molecule has 0 saturated carbocycles. The van der Waals surface area contributed by atoms with E-state index in [1.165, 1.54) is 12.1 Å². The Labute approximate surface area is 116 Å². The summed E-state index contributed by atoms with van der Waals surface area (Å²) in [6.45, 7) is 0. The van der Waals surface area contributed by atoms with E-state index in [0.717, 1.165) is 36.4 Å². The normalized spacial score (nSPS) is 12.3. The van der Waals surface area contributed by atoms with Gasteiger partial charge in [-0.2, -0.15) is 26.3 Å². The summed E-state index contributed by atoms with van der Waals surface area (Å²) >= 11 is 0. The molecule has 0 unspecified atom stereocenters. The van der Waals surface area contributed by atoms with Crippen molar-refractivity contribution in [3.8, 4) is 0 Å². The molecule has 0 amide bonds. The molecule has 0 atom stereocenters. The van der Waals surface area contributed by atoms with Gasteiger partial charge >= 0.3 is 12.4 Å². The maximum Gasteiger partial charge on any atom is 0.418 e. The average molecular weight is 304 g/mol. The first-order valence-corrected chi connectivity index (χ1v) is 5.74. The van der Waals surface area contributed by atoms with E-state index in [1.54, 1.807) is 0 Å². The van der Waals surface area contributed by atoms with Crippen LogP contribution in [0.5, 0.6) is 0 Å². The molecular weight excluding hydrogens is 296 g/mol. The van der Waals surface area contributed by atoms with E-state index >= 15 is 0 Å². The van der Waals surface area contributed by atoms with Gasteiger partial charge in [0.25, 0.3) is 0 Å². The molecule has 1 nitrogen and oxygen atoms in total. The highest BCUT2D eigenvalue weighted by Gasteiger charge is 2.36. The summed E-state index contributed by atoms with van der Waals surface area (Å²) < 4.78 is 76.8. The molecule has 0 N–H and O–H groups in total. The first kappa shape index (κ1) is 15.2. The van der Waals surface area contributed by atoms with E-state index in [-0.39, 0.29) is 0 Å². The fourth-order valence-electron chi connectivity index (χ4n) is 1.75. The van der Waals surface area contributed by atoms with Crippen LogP contribution in [0.1, 0.15) is 11.1 Å². The van der Waals surface area contributed by atoms with Crippen molar-refractivity contribution in [1.29, 1.82) is 0 Å². The van der Waals surface area contributed by atoms with Gasteiger partial charge < -0.3 is 0 Å². The lowest BCUT2D eigenvalue weighted by Gasteiger charge is -2.15.